The molecule has 3 aliphatic rings. The standard InChI is InChI=1S/C15H23N3/c1-2-4-11(3-1)10-18-14-7-8-16-9-13(14)17-15(18)12-5-6-12/h11-12,16H,1-10H2. The minimum atomic E-state index is 0.789. The van der Waals surface area contributed by atoms with Crippen LogP contribution in [-0.4, -0.2) is 16.1 Å². The number of fused-ring (bicyclic) bond motifs is 1. The molecular weight excluding hydrogens is 222 g/mol. The summed E-state index contributed by atoms with van der Waals surface area (Å²) in [6.07, 6.45) is 9.69. The van der Waals surface area contributed by atoms with Crippen LogP contribution in [0.1, 0.15) is 61.7 Å². The van der Waals surface area contributed by atoms with Gasteiger partial charge in [0.25, 0.3) is 0 Å². The zero-order valence-corrected chi connectivity index (χ0v) is 11.1. The fourth-order valence-electron chi connectivity index (χ4n) is 3.70. The predicted molar refractivity (Wildman–Crippen MR) is 71.6 cm³/mol. The molecule has 0 atom stereocenters. The monoisotopic (exact) mass is 245 g/mol. The summed E-state index contributed by atoms with van der Waals surface area (Å²) in [6, 6.07) is 0. The molecule has 1 aromatic rings. The van der Waals surface area contributed by atoms with E-state index in [1.54, 1.807) is 5.69 Å². The maximum Gasteiger partial charge on any atom is 0.112 e. The molecule has 0 unspecified atom stereocenters. The van der Waals surface area contributed by atoms with Crippen LogP contribution in [0.15, 0.2) is 0 Å². The first-order valence-corrected chi connectivity index (χ1v) is 7.70. The van der Waals surface area contributed by atoms with E-state index in [1.165, 1.54) is 63.0 Å². The summed E-state index contributed by atoms with van der Waals surface area (Å²) < 4.78 is 2.63. The van der Waals surface area contributed by atoms with Crippen molar-refractivity contribution in [2.75, 3.05) is 6.54 Å². The third kappa shape index (κ3) is 1.89. The van der Waals surface area contributed by atoms with Crippen LogP contribution in [0.2, 0.25) is 0 Å². The molecule has 0 bridgehead atoms. The van der Waals surface area contributed by atoms with Gasteiger partial charge in [0.1, 0.15) is 5.82 Å². The minimum absolute atomic E-state index is 0.789. The molecule has 0 spiro atoms. The van der Waals surface area contributed by atoms with Gasteiger partial charge in [-0.05, 0) is 31.6 Å². The van der Waals surface area contributed by atoms with Crippen molar-refractivity contribution < 1.29 is 0 Å². The van der Waals surface area contributed by atoms with Crippen molar-refractivity contribution in [3.8, 4) is 0 Å². The average Bonchev–Trinajstić information content (AvgIpc) is 2.99. The molecule has 18 heavy (non-hydrogen) atoms. The van der Waals surface area contributed by atoms with Crippen LogP contribution < -0.4 is 5.32 Å². The molecule has 4 rings (SSSR count). The summed E-state index contributed by atoms with van der Waals surface area (Å²) in [4.78, 5) is 4.96. The van der Waals surface area contributed by atoms with Crippen molar-refractivity contribution in [3.05, 3.63) is 17.2 Å². The number of hydrogen-bond donors (Lipinski definition) is 1. The molecule has 1 aliphatic heterocycles. The highest BCUT2D eigenvalue weighted by Crippen LogP contribution is 2.41. The smallest absolute Gasteiger partial charge is 0.112 e. The second-order valence-electron chi connectivity index (χ2n) is 6.33. The van der Waals surface area contributed by atoms with Gasteiger partial charge in [-0.25, -0.2) is 4.98 Å². The number of nitrogens with zero attached hydrogens (tertiary/aromatic N) is 2. The highest BCUT2D eigenvalue weighted by molar-refractivity contribution is 5.24. The van der Waals surface area contributed by atoms with Crippen molar-refractivity contribution >= 4 is 0 Å². The highest BCUT2D eigenvalue weighted by atomic mass is 15.1. The Morgan fingerprint density at radius 3 is 2.78 bits per heavy atom. The summed E-state index contributed by atoms with van der Waals surface area (Å²) in [5.74, 6) is 3.14. The summed E-state index contributed by atoms with van der Waals surface area (Å²) in [5, 5.41) is 3.46. The van der Waals surface area contributed by atoms with E-state index in [2.05, 4.69) is 9.88 Å². The second kappa shape index (κ2) is 4.37. The summed E-state index contributed by atoms with van der Waals surface area (Å²) in [7, 11) is 0. The van der Waals surface area contributed by atoms with E-state index in [-0.39, 0.29) is 0 Å². The molecule has 1 aromatic heterocycles. The fraction of sp³-hybridized carbons (Fsp3) is 0.800. The maximum atomic E-state index is 4.96. The zero-order valence-electron chi connectivity index (χ0n) is 11.1. The van der Waals surface area contributed by atoms with Gasteiger partial charge in [0.15, 0.2) is 0 Å². The number of imidazole rings is 1. The van der Waals surface area contributed by atoms with Crippen molar-refractivity contribution in [1.29, 1.82) is 0 Å². The molecular formula is C15H23N3. The quantitative estimate of drug-likeness (QED) is 0.887. The van der Waals surface area contributed by atoms with Gasteiger partial charge in [-0.1, -0.05) is 12.8 Å². The van der Waals surface area contributed by atoms with Crippen molar-refractivity contribution in [2.45, 2.75) is 64.0 Å². The van der Waals surface area contributed by atoms with Gasteiger partial charge >= 0.3 is 0 Å². The molecule has 1 N–H and O–H groups in total. The fourth-order valence-corrected chi connectivity index (χ4v) is 3.70. The molecule has 2 aliphatic carbocycles. The van der Waals surface area contributed by atoms with E-state index in [0.29, 0.717) is 0 Å². The second-order valence-corrected chi connectivity index (χ2v) is 6.33. The van der Waals surface area contributed by atoms with E-state index in [0.717, 1.165) is 24.9 Å². The van der Waals surface area contributed by atoms with Gasteiger partial charge < -0.3 is 9.88 Å². The molecule has 0 radical (unpaired) electrons. The lowest BCUT2D eigenvalue weighted by Gasteiger charge is -2.19. The first-order valence-electron chi connectivity index (χ1n) is 7.70. The topological polar surface area (TPSA) is 29.9 Å². The average molecular weight is 245 g/mol. The van der Waals surface area contributed by atoms with Gasteiger partial charge in [0, 0.05) is 37.7 Å². The molecule has 3 nitrogen and oxygen atoms in total. The number of aromatic nitrogens is 2. The molecule has 2 saturated carbocycles. The lowest BCUT2D eigenvalue weighted by Crippen LogP contribution is -2.25. The molecule has 0 saturated heterocycles. The van der Waals surface area contributed by atoms with Crippen LogP contribution in [0.5, 0.6) is 0 Å². The van der Waals surface area contributed by atoms with Gasteiger partial charge in [0.2, 0.25) is 0 Å². The van der Waals surface area contributed by atoms with Crippen LogP contribution in [0.4, 0.5) is 0 Å². The Kier molecular flexibility index (Phi) is 2.68. The first-order chi connectivity index (χ1) is 8.92. The Labute approximate surface area is 109 Å². The van der Waals surface area contributed by atoms with Crippen LogP contribution in [0, 0.1) is 5.92 Å². The van der Waals surface area contributed by atoms with Gasteiger partial charge in [-0.2, -0.15) is 0 Å². The Morgan fingerprint density at radius 2 is 2.00 bits per heavy atom. The Bertz CT molecular complexity index is 439. The van der Waals surface area contributed by atoms with E-state index in [4.69, 9.17) is 4.98 Å². The summed E-state index contributed by atoms with van der Waals surface area (Å²) in [6.45, 7) is 3.38. The third-order valence-corrected chi connectivity index (χ3v) is 4.87. The van der Waals surface area contributed by atoms with Crippen molar-refractivity contribution in [2.24, 2.45) is 5.92 Å². The zero-order chi connectivity index (χ0) is 11.9. The first kappa shape index (κ1) is 11.0. The SMILES string of the molecule is C1CCC(Cn2c(C3CC3)nc3c2CCNC3)C1. The van der Waals surface area contributed by atoms with Crippen molar-refractivity contribution in [1.82, 2.24) is 14.9 Å². The van der Waals surface area contributed by atoms with E-state index in [1.807, 2.05) is 0 Å². The summed E-state index contributed by atoms with van der Waals surface area (Å²) >= 11 is 0. The van der Waals surface area contributed by atoms with E-state index < -0.39 is 0 Å². The van der Waals surface area contributed by atoms with Crippen LogP contribution in [0.25, 0.3) is 0 Å². The molecule has 98 valence electrons. The number of hydrogen-bond acceptors (Lipinski definition) is 2. The van der Waals surface area contributed by atoms with Crippen molar-refractivity contribution in [3.63, 3.8) is 0 Å². The molecule has 2 fully saturated rings. The molecule has 2 heterocycles. The van der Waals surface area contributed by atoms with Crippen LogP contribution >= 0.6 is 0 Å². The number of nitrogens with one attached hydrogen (secondary N) is 1. The van der Waals surface area contributed by atoms with Gasteiger partial charge in [-0.15, -0.1) is 0 Å². The van der Waals surface area contributed by atoms with E-state index >= 15 is 0 Å². The maximum absolute atomic E-state index is 4.96. The largest absolute Gasteiger partial charge is 0.331 e. The Balaban J connectivity index is 1.66. The van der Waals surface area contributed by atoms with Gasteiger partial charge in [-0.3, -0.25) is 0 Å². The molecule has 3 heteroatoms. The predicted octanol–water partition coefficient (Wildman–Crippen LogP) is 2.60. The summed E-state index contributed by atoms with van der Waals surface area (Å²) in [5.41, 5.74) is 2.91. The van der Waals surface area contributed by atoms with Gasteiger partial charge in [0.05, 0.1) is 5.69 Å². The van der Waals surface area contributed by atoms with Crippen LogP contribution in [0.3, 0.4) is 0 Å². The normalized spacial score (nSPS) is 24.4. The number of rotatable bonds is 3. The Hall–Kier alpha value is -0.830. The third-order valence-electron chi connectivity index (χ3n) is 4.87. The lowest BCUT2D eigenvalue weighted by atomic mass is 10.1. The van der Waals surface area contributed by atoms with E-state index in [9.17, 15) is 0 Å². The molecule has 0 aromatic carbocycles. The Morgan fingerprint density at radius 1 is 1.17 bits per heavy atom. The minimum Gasteiger partial charge on any atom is -0.331 e. The van der Waals surface area contributed by atoms with Crippen LogP contribution in [-0.2, 0) is 19.5 Å². The highest BCUT2D eigenvalue weighted by Gasteiger charge is 2.32. The molecule has 0 amide bonds. The lowest BCUT2D eigenvalue weighted by molar-refractivity contribution is 0.434.